The van der Waals surface area contributed by atoms with E-state index in [2.05, 4.69) is 20.6 Å². The summed E-state index contributed by atoms with van der Waals surface area (Å²) in [6.45, 7) is 0.888. The highest BCUT2D eigenvalue weighted by Gasteiger charge is 2.37. The van der Waals surface area contributed by atoms with Crippen LogP contribution >= 0.6 is 23.2 Å². The minimum Gasteiger partial charge on any atom is -0.456 e. The van der Waals surface area contributed by atoms with Gasteiger partial charge in [-0.25, -0.2) is 9.97 Å². The molecule has 2 saturated heterocycles. The van der Waals surface area contributed by atoms with Crippen molar-refractivity contribution in [1.29, 1.82) is 0 Å². The SMILES string of the molecule is O=C(Nc1ccc(-c2ccc(-c3ccc(NC(=O)[C@@H]4CCCN4C(=O)c4nc(Cl)cc5ccccc45)cc3)o2)cc1)[C@@H]1CCCN1C(=O)c1nc(Cl)cc2ccccc12. The normalized spacial score (nSPS) is 16.4. The highest BCUT2D eigenvalue weighted by atomic mass is 35.5. The molecule has 0 aliphatic carbocycles. The summed E-state index contributed by atoms with van der Waals surface area (Å²) < 4.78 is 6.21. The number of furan rings is 1. The molecule has 2 N–H and O–H groups in total. The third kappa shape index (κ3) is 7.62. The number of benzene rings is 4. The molecular formula is C46H36Cl2N6O5. The van der Waals surface area contributed by atoms with Crippen LogP contribution in [0.4, 0.5) is 11.4 Å². The molecule has 5 heterocycles. The van der Waals surface area contributed by atoms with Gasteiger partial charge in [-0.2, -0.15) is 0 Å². The van der Waals surface area contributed by atoms with Crippen molar-refractivity contribution in [2.75, 3.05) is 23.7 Å². The first kappa shape index (κ1) is 38.0. The van der Waals surface area contributed by atoms with E-state index in [0.29, 0.717) is 72.4 Å². The maximum atomic E-state index is 13.7. The summed E-state index contributed by atoms with van der Waals surface area (Å²) in [4.78, 5) is 66.2. The molecule has 294 valence electrons. The van der Waals surface area contributed by atoms with Crippen LogP contribution in [0, 0.1) is 0 Å². The Labute approximate surface area is 348 Å². The molecule has 13 heteroatoms. The summed E-state index contributed by atoms with van der Waals surface area (Å²) in [7, 11) is 0. The zero-order chi connectivity index (χ0) is 40.6. The quantitative estimate of drug-likeness (QED) is 0.146. The van der Waals surface area contributed by atoms with Crippen LogP contribution in [-0.2, 0) is 9.59 Å². The molecule has 0 spiro atoms. The van der Waals surface area contributed by atoms with E-state index in [1.807, 2.05) is 84.9 Å². The summed E-state index contributed by atoms with van der Waals surface area (Å²) in [6.07, 6.45) is 2.47. The van der Waals surface area contributed by atoms with Crippen LogP contribution in [0.2, 0.25) is 10.3 Å². The van der Waals surface area contributed by atoms with E-state index >= 15 is 0 Å². The van der Waals surface area contributed by atoms with Crippen molar-refractivity contribution < 1.29 is 23.6 Å². The highest BCUT2D eigenvalue weighted by molar-refractivity contribution is 6.31. The Bertz CT molecular complexity index is 2590. The lowest BCUT2D eigenvalue weighted by molar-refractivity contribution is -0.120. The topological polar surface area (TPSA) is 138 Å². The van der Waals surface area contributed by atoms with Crippen molar-refractivity contribution in [3.05, 3.63) is 143 Å². The van der Waals surface area contributed by atoms with E-state index < -0.39 is 12.1 Å². The van der Waals surface area contributed by atoms with E-state index in [0.717, 1.165) is 21.9 Å². The molecule has 4 amide bonds. The van der Waals surface area contributed by atoms with Crippen LogP contribution in [0.3, 0.4) is 0 Å². The van der Waals surface area contributed by atoms with E-state index in [9.17, 15) is 19.2 Å². The number of rotatable bonds is 8. The van der Waals surface area contributed by atoms with E-state index in [4.69, 9.17) is 27.6 Å². The van der Waals surface area contributed by atoms with Crippen LogP contribution in [0.15, 0.2) is 126 Å². The molecule has 0 saturated carbocycles. The van der Waals surface area contributed by atoms with Gasteiger partial charge in [0.15, 0.2) is 0 Å². The highest BCUT2D eigenvalue weighted by Crippen LogP contribution is 2.32. The summed E-state index contributed by atoms with van der Waals surface area (Å²) in [6, 6.07) is 35.4. The fourth-order valence-electron chi connectivity index (χ4n) is 8.03. The Hall–Kier alpha value is -6.56. The van der Waals surface area contributed by atoms with Gasteiger partial charge < -0.3 is 24.9 Å². The molecule has 2 atom stereocenters. The number of hydrogen-bond donors (Lipinski definition) is 2. The predicted octanol–water partition coefficient (Wildman–Crippen LogP) is 9.50. The Morgan fingerprint density at radius 2 is 0.966 bits per heavy atom. The fraction of sp³-hybridized carbons (Fsp3) is 0.174. The van der Waals surface area contributed by atoms with Crippen LogP contribution in [0.1, 0.15) is 46.7 Å². The lowest BCUT2D eigenvalue weighted by Crippen LogP contribution is -2.43. The average Bonchev–Trinajstić information content (AvgIpc) is 4.06. The summed E-state index contributed by atoms with van der Waals surface area (Å²) in [5.41, 5.74) is 3.28. The Kier molecular flexibility index (Phi) is 10.3. The number of aromatic nitrogens is 2. The number of carbonyl (C=O) groups excluding carboxylic acids is 4. The predicted molar refractivity (Wildman–Crippen MR) is 228 cm³/mol. The largest absolute Gasteiger partial charge is 0.456 e. The van der Waals surface area contributed by atoms with Gasteiger partial charge in [0, 0.05) is 46.4 Å². The first-order valence-electron chi connectivity index (χ1n) is 19.3. The Morgan fingerprint density at radius 1 is 0.559 bits per heavy atom. The molecule has 9 rings (SSSR count). The maximum Gasteiger partial charge on any atom is 0.273 e. The zero-order valence-corrected chi connectivity index (χ0v) is 33.0. The molecular weight excluding hydrogens is 787 g/mol. The van der Waals surface area contributed by atoms with Crippen molar-refractivity contribution in [2.24, 2.45) is 0 Å². The van der Waals surface area contributed by atoms with Gasteiger partial charge in [-0.1, -0.05) is 71.7 Å². The van der Waals surface area contributed by atoms with Crippen LogP contribution in [-0.4, -0.2) is 68.6 Å². The number of fused-ring (bicyclic) bond motifs is 2. The van der Waals surface area contributed by atoms with Crippen molar-refractivity contribution >= 4 is 79.8 Å². The maximum absolute atomic E-state index is 13.7. The second-order valence-electron chi connectivity index (χ2n) is 14.6. The molecule has 2 aliphatic heterocycles. The number of likely N-dealkylation sites (tertiary alicyclic amines) is 2. The molecule has 3 aromatic heterocycles. The number of halogens is 2. The smallest absolute Gasteiger partial charge is 0.273 e. The average molecular weight is 824 g/mol. The lowest BCUT2D eigenvalue weighted by Gasteiger charge is -2.24. The number of hydrogen-bond acceptors (Lipinski definition) is 7. The zero-order valence-electron chi connectivity index (χ0n) is 31.5. The van der Waals surface area contributed by atoms with Crippen LogP contribution in [0.5, 0.6) is 0 Å². The van der Waals surface area contributed by atoms with Gasteiger partial charge in [0.25, 0.3) is 11.8 Å². The first-order valence-corrected chi connectivity index (χ1v) is 20.1. The third-order valence-electron chi connectivity index (χ3n) is 10.9. The van der Waals surface area contributed by atoms with Crippen LogP contribution in [0.25, 0.3) is 44.2 Å². The molecule has 59 heavy (non-hydrogen) atoms. The standard InChI is InChI=1S/C46H36Cl2N6O5/c47-39-25-29-7-1-3-9-33(29)41(51-39)45(57)53-23-5-11-35(53)43(55)49-31-17-13-27(14-18-31)37-21-22-38(59-37)28-15-19-32(20-16-28)50-44(56)36-12-6-24-54(36)46(58)42-34-10-4-2-8-30(34)26-40(48)52-42/h1-4,7-10,13-22,25-26,35-36H,5-6,11-12,23-24H2,(H,49,55)(H,50,56)/t35-,36-/m0/s1. The van der Waals surface area contributed by atoms with Gasteiger partial charge in [-0.05, 0) is 109 Å². The number of pyridine rings is 2. The Balaban J connectivity index is 0.823. The van der Waals surface area contributed by atoms with Crippen molar-refractivity contribution in [1.82, 2.24) is 19.8 Å². The van der Waals surface area contributed by atoms with Gasteiger partial charge in [-0.3, -0.25) is 19.2 Å². The number of carbonyl (C=O) groups is 4. The minimum atomic E-state index is -0.644. The monoisotopic (exact) mass is 822 g/mol. The molecule has 2 aliphatic rings. The minimum absolute atomic E-state index is 0.223. The van der Waals surface area contributed by atoms with Gasteiger partial charge in [0.1, 0.15) is 45.3 Å². The third-order valence-corrected chi connectivity index (χ3v) is 11.3. The van der Waals surface area contributed by atoms with E-state index in [-0.39, 0.29) is 45.3 Å². The summed E-state index contributed by atoms with van der Waals surface area (Å²) in [5, 5.41) is 9.39. The summed E-state index contributed by atoms with van der Waals surface area (Å²) >= 11 is 12.5. The number of anilines is 2. The molecule has 2 fully saturated rings. The second kappa shape index (κ2) is 16.0. The lowest BCUT2D eigenvalue weighted by atomic mass is 10.1. The molecule has 0 bridgehead atoms. The van der Waals surface area contributed by atoms with E-state index in [1.165, 1.54) is 0 Å². The molecule has 0 unspecified atom stereocenters. The van der Waals surface area contributed by atoms with Crippen molar-refractivity contribution in [3.63, 3.8) is 0 Å². The van der Waals surface area contributed by atoms with Crippen molar-refractivity contribution in [2.45, 2.75) is 37.8 Å². The number of nitrogens with zero attached hydrogens (tertiary/aromatic N) is 4. The van der Waals surface area contributed by atoms with E-state index in [1.54, 1.807) is 46.2 Å². The van der Waals surface area contributed by atoms with Crippen molar-refractivity contribution in [3.8, 4) is 22.6 Å². The van der Waals surface area contributed by atoms with Gasteiger partial charge >= 0.3 is 0 Å². The number of nitrogens with one attached hydrogen (secondary N) is 2. The molecule has 4 aromatic carbocycles. The summed E-state index contributed by atoms with van der Waals surface area (Å²) in [5.74, 6) is 0.0838. The second-order valence-corrected chi connectivity index (χ2v) is 15.4. The molecule has 0 radical (unpaired) electrons. The van der Waals surface area contributed by atoms with Crippen LogP contribution < -0.4 is 10.6 Å². The molecule has 11 nitrogen and oxygen atoms in total. The van der Waals surface area contributed by atoms with Gasteiger partial charge in [-0.15, -0.1) is 0 Å². The number of amides is 4. The van der Waals surface area contributed by atoms with Gasteiger partial charge in [0.05, 0.1) is 0 Å². The fourth-order valence-corrected chi connectivity index (χ4v) is 8.43. The van der Waals surface area contributed by atoms with Gasteiger partial charge in [0.2, 0.25) is 11.8 Å². The molecule has 7 aromatic rings. The first-order chi connectivity index (χ1) is 28.7. The Morgan fingerprint density at radius 3 is 1.39 bits per heavy atom.